The van der Waals surface area contributed by atoms with Gasteiger partial charge in [-0.3, -0.25) is 0 Å². The highest BCUT2D eigenvalue weighted by atomic mass is 19.4. The van der Waals surface area contributed by atoms with Crippen molar-refractivity contribution in [1.29, 1.82) is 0 Å². The van der Waals surface area contributed by atoms with Crippen molar-refractivity contribution in [1.82, 2.24) is 0 Å². The van der Waals surface area contributed by atoms with Crippen molar-refractivity contribution in [3.8, 4) is 0 Å². The summed E-state index contributed by atoms with van der Waals surface area (Å²) in [5.41, 5.74) is 5.06. The van der Waals surface area contributed by atoms with E-state index in [1.54, 1.807) is 0 Å². The zero-order valence-corrected chi connectivity index (χ0v) is 8.63. The third kappa shape index (κ3) is 2.39. The van der Waals surface area contributed by atoms with Crippen LogP contribution in [0.2, 0.25) is 0 Å². The number of nitrogens with two attached hydrogens (primary N) is 1. The lowest BCUT2D eigenvalue weighted by atomic mass is 10.0. The fourth-order valence-corrected chi connectivity index (χ4v) is 1.62. The molecule has 0 aliphatic rings. The predicted octanol–water partition coefficient (Wildman–Crippen LogP) is 3.54. The number of rotatable bonds is 1. The van der Waals surface area contributed by atoms with Gasteiger partial charge >= 0.3 is 6.18 Å². The summed E-state index contributed by atoms with van der Waals surface area (Å²) in [6.07, 6.45) is -4.48. The minimum absolute atomic E-state index is 0.0309. The largest absolute Gasteiger partial charge is 0.407 e. The van der Waals surface area contributed by atoms with Crippen molar-refractivity contribution in [3.05, 3.63) is 47.8 Å². The van der Waals surface area contributed by atoms with Crippen LogP contribution in [0.1, 0.15) is 11.6 Å². The lowest BCUT2D eigenvalue weighted by Crippen LogP contribution is -2.28. The first-order valence-corrected chi connectivity index (χ1v) is 4.89. The Bertz CT molecular complexity index is 548. The lowest BCUT2D eigenvalue weighted by molar-refractivity contribution is -0.149. The summed E-state index contributed by atoms with van der Waals surface area (Å²) < 4.78 is 50.1. The minimum atomic E-state index is -4.48. The van der Waals surface area contributed by atoms with Crippen molar-refractivity contribution in [2.24, 2.45) is 5.73 Å². The normalized spacial score (nSPS) is 13.9. The fraction of sp³-hybridized carbons (Fsp3) is 0.167. The Morgan fingerprint density at radius 2 is 1.53 bits per heavy atom. The number of benzene rings is 2. The third-order valence-electron chi connectivity index (χ3n) is 2.54. The smallest absolute Gasteiger partial charge is 0.316 e. The molecule has 17 heavy (non-hydrogen) atoms. The molecule has 1 atom stereocenters. The molecule has 0 amide bonds. The Morgan fingerprint density at radius 1 is 0.941 bits per heavy atom. The molecule has 0 radical (unpaired) electrons. The molecule has 90 valence electrons. The number of alkyl halides is 3. The Morgan fingerprint density at radius 3 is 2.18 bits per heavy atom. The van der Waals surface area contributed by atoms with Crippen molar-refractivity contribution >= 4 is 10.8 Å². The summed E-state index contributed by atoms with van der Waals surface area (Å²) in [7, 11) is 0. The summed E-state index contributed by atoms with van der Waals surface area (Å²) in [5, 5.41) is 1.08. The molecule has 2 aromatic carbocycles. The van der Waals surface area contributed by atoms with E-state index >= 15 is 0 Å². The molecule has 1 nitrogen and oxygen atoms in total. The highest BCUT2D eigenvalue weighted by Gasteiger charge is 2.37. The van der Waals surface area contributed by atoms with E-state index in [1.165, 1.54) is 36.4 Å². The number of hydrogen-bond acceptors (Lipinski definition) is 1. The summed E-state index contributed by atoms with van der Waals surface area (Å²) in [6.45, 7) is 0. The Kier molecular flexibility index (Phi) is 2.79. The van der Waals surface area contributed by atoms with Crippen molar-refractivity contribution in [2.75, 3.05) is 0 Å². The second kappa shape index (κ2) is 4.00. The van der Waals surface area contributed by atoms with Crippen LogP contribution in [-0.4, -0.2) is 6.18 Å². The van der Waals surface area contributed by atoms with Gasteiger partial charge in [0.2, 0.25) is 0 Å². The summed E-state index contributed by atoms with van der Waals surface area (Å²) >= 11 is 0. The quantitative estimate of drug-likeness (QED) is 0.761. The molecule has 2 rings (SSSR count). The first-order valence-electron chi connectivity index (χ1n) is 4.89. The van der Waals surface area contributed by atoms with Crippen LogP contribution in [0.4, 0.5) is 17.6 Å². The van der Waals surface area contributed by atoms with Crippen LogP contribution in [0.25, 0.3) is 10.8 Å². The summed E-state index contributed by atoms with van der Waals surface area (Å²) in [5.74, 6) is -0.426. The molecule has 2 aromatic rings. The van der Waals surface area contributed by atoms with Gasteiger partial charge in [0, 0.05) is 0 Å². The molecular weight excluding hydrogens is 234 g/mol. The molecule has 0 spiro atoms. The van der Waals surface area contributed by atoms with Gasteiger partial charge in [0.15, 0.2) is 0 Å². The van der Waals surface area contributed by atoms with Gasteiger partial charge in [-0.1, -0.05) is 18.2 Å². The maximum absolute atomic E-state index is 12.9. The summed E-state index contributed by atoms with van der Waals surface area (Å²) in [6, 6.07) is 5.89. The van der Waals surface area contributed by atoms with E-state index < -0.39 is 18.0 Å². The van der Waals surface area contributed by atoms with E-state index in [0.29, 0.717) is 10.8 Å². The molecule has 5 heteroatoms. The maximum Gasteiger partial charge on any atom is 0.407 e. The molecule has 2 N–H and O–H groups in total. The molecule has 0 unspecified atom stereocenters. The number of fused-ring (bicyclic) bond motifs is 1. The average molecular weight is 243 g/mol. The van der Waals surface area contributed by atoms with E-state index in [4.69, 9.17) is 5.73 Å². The van der Waals surface area contributed by atoms with Gasteiger partial charge in [-0.15, -0.1) is 0 Å². The van der Waals surface area contributed by atoms with Crippen LogP contribution in [0, 0.1) is 5.82 Å². The highest BCUT2D eigenvalue weighted by molar-refractivity contribution is 5.83. The molecule has 0 aromatic heterocycles. The van der Waals surface area contributed by atoms with Crippen LogP contribution in [0.5, 0.6) is 0 Å². The molecule has 0 heterocycles. The van der Waals surface area contributed by atoms with E-state index in [9.17, 15) is 17.6 Å². The zero-order valence-electron chi connectivity index (χ0n) is 8.63. The average Bonchev–Trinajstić information content (AvgIpc) is 2.26. The van der Waals surface area contributed by atoms with E-state index in [-0.39, 0.29) is 5.56 Å². The first-order chi connectivity index (χ1) is 7.88. The van der Waals surface area contributed by atoms with Gasteiger partial charge in [0.1, 0.15) is 11.9 Å². The zero-order chi connectivity index (χ0) is 12.6. The van der Waals surface area contributed by atoms with Gasteiger partial charge in [-0.05, 0) is 34.5 Å². The van der Waals surface area contributed by atoms with Gasteiger partial charge < -0.3 is 5.73 Å². The summed E-state index contributed by atoms with van der Waals surface area (Å²) in [4.78, 5) is 0. The second-order valence-corrected chi connectivity index (χ2v) is 3.77. The van der Waals surface area contributed by atoms with E-state index in [0.717, 1.165) is 0 Å². The predicted molar refractivity (Wildman–Crippen MR) is 56.9 cm³/mol. The van der Waals surface area contributed by atoms with E-state index in [1.807, 2.05) is 0 Å². The molecule has 0 fully saturated rings. The first kappa shape index (κ1) is 11.9. The number of halogens is 4. The van der Waals surface area contributed by atoms with Gasteiger partial charge in [-0.25, -0.2) is 4.39 Å². The van der Waals surface area contributed by atoms with Crippen molar-refractivity contribution < 1.29 is 17.6 Å². The second-order valence-electron chi connectivity index (χ2n) is 3.77. The van der Waals surface area contributed by atoms with Crippen LogP contribution < -0.4 is 5.73 Å². The number of hydrogen-bond donors (Lipinski definition) is 1. The monoisotopic (exact) mass is 243 g/mol. The third-order valence-corrected chi connectivity index (χ3v) is 2.54. The molecule has 0 aliphatic carbocycles. The van der Waals surface area contributed by atoms with Crippen LogP contribution in [-0.2, 0) is 0 Å². The van der Waals surface area contributed by atoms with Crippen LogP contribution >= 0.6 is 0 Å². The molecule has 0 saturated carbocycles. The van der Waals surface area contributed by atoms with Gasteiger partial charge in [0.05, 0.1) is 0 Å². The Labute approximate surface area is 94.8 Å². The lowest BCUT2D eigenvalue weighted by Gasteiger charge is -2.16. The topological polar surface area (TPSA) is 26.0 Å². The Hall–Kier alpha value is -1.62. The van der Waals surface area contributed by atoms with Crippen LogP contribution in [0.15, 0.2) is 36.4 Å². The Balaban J connectivity index is 2.48. The standard InChI is InChI=1S/C12H9F4N/c13-10-4-3-7-5-9(2-1-8(7)6-10)11(17)12(14,15)16/h1-6,11H,17H2/t11-/m0/s1. The van der Waals surface area contributed by atoms with Crippen molar-refractivity contribution in [3.63, 3.8) is 0 Å². The van der Waals surface area contributed by atoms with Gasteiger partial charge in [-0.2, -0.15) is 13.2 Å². The molecule has 0 bridgehead atoms. The molecular formula is C12H9F4N. The SMILES string of the molecule is N[C@@H](c1ccc2cc(F)ccc2c1)C(F)(F)F. The molecule has 0 aliphatic heterocycles. The van der Waals surface area contributed by atoms with E-state index in [2.05, 4.69) is 0 Å². The van der Waals surface area contributed by atoms with Crippen LogP contribution in [0.3, 0.4) is 0 Å². The molecule has 0 saturated heterocycles. The fourth-order valence-electron chi connectivity index (χ4n) is 1.62. The minimum Gasteiger partial charge on any atom is -0.316 e. The highest BCUT2D eigenvalue weighted by Crippen LogP contribution is 2.31. The maximum atomic E-state index is 12.9. The van der Waals surface area contributed by atoms with Crippen molar-refractivity contribution in [2.45, 2.75) is 12.2 Å². The van der Waals surface area contributed by atoms with Gasteiger partial charge in [0.25, 0.3) is 0 Å².